The number of carboxylic acid groups (broad SMARTS) is 1. The molecule has 136 valence electrons. The van der Waals surface area contributed by atoms with E-state index in [0.717, 1.165) is 11.1 Å². The number of benzene rings is 2. The molecule has 3 rings (SSSR count). The number of rotatable bonds is 4. The van der Waals surface area contributed by atoms with Crippen LogP contribution in [-0.2, 0) is 13.5 Å². The van der Waals surface area contributed by atoms with Gasteiger partial charge in [0.25, 0.3) is 0 Å². The molecule has 0 spiro atoms. The fourth-order valence-corrected chi connectivity index (χ4v) is 3.86. The second kappa shape index (κ2) is 7.48. The summed E-state index contributed by atoms with van der Waals surface area (Å²) in [6.45, 7) is 1.90. The van der Waals surface area contributed by atoms with Crippen molar-refractivity contribution in [3.05, 3.63) is 69.5 Å². The monoisotopic (exact) mass is 398 g/mol. The first kappa shape index (κ1) is 19.0. The van der Waals surface area contributed by atoms with Crippen molar-refractivity contribution < 1.29 is 9.90 Å². The lowest BCUT2D eigenvalue weighted by molar-refractivity contribution is 0.0687. The van der Waals surface area contributed by atoms with Gasteiger partial charge in [-0.25, -0.2) is 4.79 Å². The van der Waals surface area contributed by atoms with E-state index < -0.39 is 5.97 Å². The summed E-state index contributed by atoms with van der Waals surface area (Å²) in [5, 5.41) is 20.4. The fourth-order valence-electron chi connectivity index (χ4n) is 3.34. The third-order valence-electron chi connectivity index (χ3n) is 4.58. The molecule has 27 heavy (non-hydrogen) atoms. The van der Waals surface area contributed by atoms with E-state index in [4.69, 9.17) is 23.2 Å². The minimum atomic E-state index is -1.06. The molecule has 0 radical (unpaired) electrons. The van der Waals surface area contributed by atoms with Crippen molar-refractivity contribution in [1.29, 1.82) is 5.26 Å². The Morgan fingerprint density at radius 2 is 1.78 bits per heavy atom. The molecule has 0 aliphatic rings. The fraction of sp³-hybridized carbons (Fsp3) is 0.143. The Morgan fingerprint density at radius 1 is 1.15 bits per heavy atom. The molecule has 6 heteroatoms. The zero-order chi connectivity index (χ0) is 19.7. The lowest BCUT2D eigenvalue weighted by Gasteiger charge is -2.08. The van der Waals surface area contributed by atoms with Crippen LogP contribution in [0.5, 0.6) is 0 Å². The van der Waals surface area contributed by atoms with Crippen LogP contribution in [0.3, 0.4) is 0 Å². The lowest BCUT2D eigenvalue weighted by Crippen LogP contribution is -2.07. The molecule has 0 bridgehead atoms. The summed E-state index contributed by atoms with van der Waals surface area (Å²) in [6.07, 6.45) is 0.568. The van der Waals surface area contributed by atoms with Crippen molar-refractivity contribution in [2.45, 2.75) is 13.3 Å². The molecule has 0 saturated heterocycles. The molecule has 0 atom stereocenters. The predicted octanol–water partition coefficient (Wildman–Crippen LogP) is 5.80. The topological polar surface area (TPSA) is 66.0 Å². The summed E-state index contributed by atoms with van der Waals surface area (Å²) in [6, 6.07) is 14.8. The van der Waals surface area contributed by atoms with Crippen LogP contribution in [-0.4, -0.2) is 15.6 Å². The van der Waals surface area contributed by atoms with Gasteiger partial charge in [-0.3, -0.25) is 0 Å². The molecule has 4 nitrogen and oxygen atoms in total. The van der Waals surface area contributed by atoms with Gasteiger partial charge in [0.05, 0.1) is 5.56 Å². The Bertz CT molecular complexity index is 1080. The number of hydrogen-bond donors (Lipinski definition) is 1. The van der Waals surface area contributed by atoms with Crippen molar-refractivity contribution in [1.82, 2.24) is 4.57 Å². The van der Waals surface area contributed by atoms with Crippen molar-refractivity contribution in [3.63, 3.8) is 0 Å². The zero-order valence-corrected chi connectivity index (χ0v) is 16.3. The summed E-state index contributed by atoms with van der Waals surface area (Å²) < 4.78 is 1.58. The van der Waals surface area contributed by atoms with Gasteiger partial charge in [0.15, 0.2) is 0 Å². The van der Waals surface area contributed by atoms with Crippen LogP contribution in [0.1, 0.15) is 28.7 Å². The normalized spacial score (nSPS) is 10.6. The Kier molecular flexibility index (Phi) is 5.27. The van der Waals surface area contributed by atoms with Crippen LogP contribution >= 0.6 is 23.2 Å². The molecule has 1 N–H and O–H groups in total. The number of carboxylic acids is 1. The predicted molar refractivity (Wildman–Crippen MR) is 107 cm³/mol. The van der Waals surface area contributed by atoms with Gasteiger partial charge >= 0.3 is 5.97 Å². The van der Waals surface area contributed by atoms with Crippen LogP contribution in [0.25, 0.3) is 22.3 Å². The van der Waals surface area contributed by atoms with Gasteiger partial charge < -0.3 is 9.67 Å². The average Bonchev–Trinajstić information content (AvgIpc) is 2.93. The van der Waals surface area contributed by atoms with Crippen molar-refractivity contribution in [2.75, 3.05) is 0 Å². The summed E-state index contributed by atoms with van der Waals surface area (Å²) in [4.78, 5) is 11.8. The first-order valence-electron chi connectivity index (χ1n) is 8.29. The smallest absolute Gasteiger partial charge is 0.353 e. The van der Waals surface area contributed by atoms with Gasteiger partial charge in [-0.2, -0.15) is 5.26 Å². The molecular formula is C21H16Cl2N2O2. The van der Waals surface area contributed by atoms with Gasteiger partial charge in [-0.05, 0) is 29.7 Å². The van der Waals surface area contributed by atoms with E-state index in [1.54, 1.807) is 23.7 Å². The molecule has 0 aliphatic carbocycles. The maximum Gasteiger partial charge on any atom is 0.353 e. The van der Waals surface area contributed by atoms with E-state index >= 15 is 0 Å². The van der Waals surface area contributed by atoms with Gasteiger partial charge in [0, 0.05) is 33.9 Å². The maximum atomic E-state index is 11.8. The van der Waals surface area contributed by atoms with Gasteiger partial charge in [0.2, 0.25) is 0 Å². The Balaban J connectivity index is 2.16. The summed E-state index contributed by atoms with van der Waals surface area (Å²) in [7, 11) is 1.68. The minimum Gasteiger partial charge on any atom is -0.477 e. The molecule has 3 aromatic rings. The Labute approximate surface area is 167 Å². The van der Waals surface area contributed by atoms with Crippen LogP contribution in [0.4, 0.5) is 0 Å². The molecule has 0 aliphatic heterocycles. The standard InChI is InChI=1S/C21H16Cl2N2O2/c1-3-18-16(11-24)19(20(21(26)27)25(18)2)13-6-4-12(5-7-13)15-9-8-14(22)10-17(15)23/h4-10H,3H2,1-2H3,(H,26,27). The quantitative estimate of drug-likeness (QED) is 0.603. The zero-order valence-electron chi connectivity index (χ0n) is 14.8. The van der Waals surface area contributed by atoms with Crippen LogP contribution < -0.4 is 0 Å². The van der Waals surface area contributed by atoms with Crippen molar-refractivity contribution in [3.8, 4) is 28.3 Å². The third-order valence-corrected chi connectivity index (χ3v) is 5.13. The molecule has 0 amide bonds. The second-order valence-electron chi connectivity index (χ2n) is 6.08. The third kappa shape index (κ3) is 3.32. The van der Waals surface area contributed by atoms with Crippen molar-refractivity contribution in [2.24, 2.45) is 7.05 Å². The van der Waals surface area contributed by atoms with Crippen molar-refractivity contribution >= 4 is 29.2 Å². The Morgan fingerprint density at radius 3 is 2.30 bits per heavy atom. The van der Waals surface area contributed by atoms with E-state index in [9.17, 15) is 15.2 Å². The highest BCUT2D eigenvalue weighted by Crippen LogP contribution is 2.35. The number of aromatic nitrogens is 1. The maximum absolute atomic E-state index is 11.8. The Hall–Kier alpha value is -2.74. The number of carbonyl (C=O) groups is 1. The van der Waals surface area contributed by atoms with Crippen LogP contribution in [0, 0.1) is 11.3 Å². The van der Waals surface area contributed by atoms with E-state index in [2.05, 4.69) is 6.07 Å². The highest BCUT2D eigenvalue weighted by Gasteiger charge is 2.25. The van der Waals surface area contributed by atoms with Crippen LogP contribution in [0.15, 0.2) is 42.5 Å². The van der Waals surface area contributed by atoms with E-state index in [1.807, 2.05) is 37.3 Å². The highest BCUT2D eigenvalue weighted by molar-refractivity contribution is 6.36. The summed E-state index contributed by atoms with van der Waals surface area (Å²) >= 11 is 12.2. The molecule has 1 aromatic heterocycles. The summed E-state index contributed by atoms with van der Waals surface area (Å²) in [5.74, 6) is -1.06. The molecule has 0 unspecified atom stereocenters. The van der Waals surface area contributed by atoms with E-state index in [-0.39, 0.29) is 5.69 Å². The molecule has 0 fully saturated rings. The van der Waals surface area contributed by atoms with Gasteiger partial charge in [-0.1, -0.05) is 60.5 Å². The molecule has 1 heterocycles. The number of nitriles is 1. The molecule has 2 aromatic carbocycles. The number of aromatic carboxylic acids is 1. The van der Waals surface area contributed by atoms with E-state index in [0.29, 0.717) is 38.9 Å². The number of halogens is 2. The first-order valence-corrected chi connectivity index (χ1v) is 9.05. The minimum absolute atomic E-state index is 0.112. The SMILES string of the molecule is CCc1c(C#N)c(-c2ccc(-c3ccc(Cl)cc3Cl)cc2)c(C(=O)O)n1C. The summed E-state index contributed by atoms with van der Waals surface area (Å²) in [5.41, 5.74) is 4.03. The number of hydrogen-bond acceptors (Lipinski definition) is 2. The first-order chi connectivity index (χ1) is 12.9. The van der Waals surface area contributed by atoms with Gasteiger partial charge in [-0.15, -0.1) is 0 Å². The lowest BCUT2D eigenvalue weighted by atomic mass is 9.97. The van der Waals surface area contributed by atoms with Crippen LogP contribution in [0.2, 0.25) is 10.0 Å². The average molecular weight is 399 g/mol. The highest BCUT2D eigenvalue weighted by atomic mass is 35.5. The van der Waals surface area contributed by atoms with E-state index in [1.165, 1.54) is 0 Å². The molecule has 0 saturated carbocycles. The molecular weight excluding hydrogens is 383 g/mol. The largest absolute Gasteiger partial charge is 0.477 e. The van der Waals surface area contributed by atoms with Gasteiger partial charge in [0.1, 0.15) is 11.8 Å². The second-order valence-corrected chi connectivity index (χ2v) is 6.92. The number of nitrogens with zero attached hydrogens (tertiary/aromatic N) is 2.